The minimum Gasteiger partial charge on any atom is -0.459 e. The molecule has 25 heavy (non-hydrogen) atoms. The SMILES string of the molecule is CCN(C(C)=O)c1nc(COC(=O)CCSc2ccc(Cl)cc2)cs1. The summed E-state index contributed by atoms with van der Waals surface area (Å²) in [7, 11) is 0. The molecule has 0 bridgehead atoms. The second-order valence-corrected chi connectivity index (χ2v) is 7.54. The highest BCUT2D eigenvalue weighted by Gasteiger charge is 2.14. The van der Waals surface area contributed by atoms with Crippen LogP contribution in [0.15, 0.2) is 34.5 Å². The molecule has 1 aromatic carbocycles. The number of hydrogen-bond acceptors (Lipinski definition) is 6. The zero-order chi connectivity index (χ0) is 18.2. The first-order chi connectivity index (χ1) is 12.0. The van der Waals surface area contributed by atoms with E-state index in [1.54, 1.807) is 22.0 Å². The number of benzene rings is 1. The number of thiazole rings is 1. The summed E-state index contributed by atoms with van der Waals surface area (Å²) in [6, 6.07) is 7.48. The average Bonchev–Trinajstić information content (AvgIpc) is 3.04. The van der Waals surface area contributed by atoms with Gasteiger partial charge in [-0.05, 0) is 31.2 Å². The molecule has 0 aliphatic rings. The zero-order valence-corrected chi connectivity index (χ0v) is 16.4. The summed E-state index contributed by atoms with van der Waals surface area (Å²) in [6.45, 7) is 4.07. The monoisotopic (exact) mass is 398 g/mol. The molecule has 0 fully saturated rings. The molecular weight excluding hydrogens is 380 g/mol. The molecule has 0 spiro atoms. The Labute approximate surface area is 160 Å². The van der Waals surface area contributed by atoms with Gasteiger partial charge in [-0.15, -0.1) is 23.1 Å². The molecule has 8 heteroatoms. The summed E-state index contributed by atoms with van der Waals surface area (Å²) < 4.78 is 5.24. The highest BCUT2D eigenvalue weighted by Crippen LogP contribution is 2.22. The third kappa shape index (κ3) is 6.34. The largest absolute Gasteiger partial charge is 0.459 e. The van der Waals surface area contributed by atoms with Gasteiger partial charge in [0.05, 0.1) is 12.1 Å². The Morgan fingerprint density at radius 3 is 2.68 bits per heavy atom. The number of rotatable bonds is 8. The number of ether oxygens (including phenoxy) is 1. The fourth-order valence-corrected chi connectivity index (χ4v) is 3.86. The van der Waals surface area contributed by atoms with Crippen LogP contribution < -0.4 is 4.90 Å². The van der Waals surface area contributed by atoms with Crippen LogP contribution in [0.25, 0.3) is 0 Å². The van der Waals surface area contributed by atoms with Gasteiger partial charge in [-0.2, -0.15) is 0 Å². The van der Waals surface area contributed by atoms with Crippen LogP contribution in [-0.4, -0.2) is 29.2 Å². The maximum atomic E-state index is 11.8. The standard InChI is InChI=1S/C17H19ClN2O3S2/c1-3-20(12(2)21)17-19-14(11-25-17)10-23-16(22)8-9-24-15-6-4-13(18)5-7-15/h4-7,11H,3,8-10H2,1-2H3. The number of hydrogen-bond donors (Lipinski definition) is 0. The Bertz CT molecular complexity index is 719. The third-order valence-electron chi connectivity index (χ3n) is 3.24. The summed E-state index contributed by atoms with van der Waals surface area (Å²) in [6.07, 6.45) is 0.318. The van der Waals surface area contributed by atoms with E-state index < -0.39 is 0 Å². The van der Waals surface area contributed by atoms with Crippen molar-refractivity contribution in [2.24, 2.45) is 0 Å². The minimum absolute atomic E-state index is 0.0559. The molecule has 0 saturated carbocycles. The highest BCUT2D eigenvalue weighted by atomic mass is 35.5. The molecule has 0 aliphatic heterocycles. The van der Waals surface area contributed by atoms with E-state index in [9.17, 15) is 9.59 Å². The molecule has 0 atom stereocenters. The molecule has 0 radical (unpaired) electrons. The first-order valence-electron chi connectivity index (χ1n) is 7.76. The van der Waals surface area contributed by atoms with Crippen molar-refractivity contribution in [1.82, 2.24) is 4.98 Å². The van der Waals surface area contributed by atoms with Gasteiger partial charge in [0.1, 0.15) is 6.61 Å². The molecule has 0 aliphatic carbocycles. The number of thioether (sulfide) groups is 1. The van der Waals surface area contributed by atoms with E-state index in [2.05, 4.69) is 4.98 Å². The quantitative estimate of drug-likeness (QED) is 0.487. The molecular formula is C17H19ClN2O3S2. The Kier molecular flexibility index (Phi) is 7.74. The molecule has 1 heterocycles. The number of carbonyl (C=O) groups is 2. The second-order valence-electron chi connectivity index (χ2n) is 5.10. The van der Waals surface area contributed by atoms with Crippen molar-refractivity contribution in [2.45, 2.75) is 31.8 Å². The predicted octanol–water partition coefficient (Wildman–Crippen LogP) is 4.39. The Hall–Kier alpha value is -1.57. The van der Waals surface area contributed by atoms with Gasteiger partial charge < -0.3 is 4.74 Å². The number of anilines is 1. The number of nitrogens with zero attached hydrogens (tertiary/aromatic N) is 2. The summed E-state index contributed by atoms with van der Waals surface area (Å²) in [5, 5.41) is 3.12. The lowest BCUT2D eigenvalue weighted by atomic mass is 10.4. The molecule has 0 unspecified atom stereocenters. The number of carbonyl (C=O) groups excluding carboxylic acids is 2. The van der Waals surface area contributed by atoms with Crippen LogP contribution in [0.5, 0.6) is 0 Å². The van der Waals surface area contributed by atoms with Gasteiger partial charge in [0.15, 0.2) is 5.13 Å². The molecule has 134 valence electrons. The summed E-state index contributed by atoms with van der Waals surface area (Å²) in [5.41, 5.74) is 0.651. The molecule has 5 nitrogen and oxygen atoms in total. The molecule has 0 N–H and O–H groups in total. The Balaban J connectivity index is 1.73. The minimum atomic E-state index is -0.269. The predicted molar refractivity (Wildman–Crippen MR) is 102 cm³/mol. The normalized spacial score (nSPS) is 10.5. The molecule has 1 amide bonds. The van der Waals surface area contributed by atoms with Crippen LogP contribution in [0.3, 0.4) is 0 Å². The zero-order valence-electron chi connectivity index (χ0n) is 14.0. The van der Waals surface area contributed by atoms with Gasteiger partial charge in [-0.25, -0.2) is 4.98 Å². The average molecular weight is 399 g/mol. The van der Waals surface area contributed by atoms with Gasteiger partial charge in [0.25, 0.3) is 0 Å². The smallest absolute Gasteiger partial charge is 0.307 e. The van der Waals surface area contributed by atoms with Gasteiger partial charge in [-0.1, -0.05) is 11.6 Å². The van der Waals surface area contributed by atoms with Crippen molar-refractivity contribution < 1.29 is 14.3 Å². The van der Waals surface area contributed by atoms with E-state index in [-0.39, 0.29) is 18.5 Å². The van der Waals surface area contributed by atoms with Gasteiger partial charge in [0.2, 0.25) is 5.91 Å². The molecule has 2 rings (SSSR count). The number of aromatic nitrogens is 1. The van der Waals surface area contributed by atoms with E-state index in [4.69, 9.17) is 16.3 Å². The van der Waals surface area contributed by atoms with E-state index in [1.165, 1.54) is 18.3 Å². The third-order valence-corrected chi connectivity index (χ3v) is 5.41. The Morgan fingerprint density at radius 1 is 1.32 bits per heavy atom. The maximum Gasteiger partial charge on any atom is 0.307 e. The first-order valence-corrected chi connectivity index (χ1v) is 10.0. The number of amides is 1. The van der Waals surface area contributed by atoms with Crippen LogP contribution in [0.4, 0.5) is 5.13 Å². The van der Waals surface area contributed by atoms with Crippen LogP contribution in [0.1, 0.15) is 26.0 Å². The van der Waals surface area contributed by atoms with Crippen molar-refractivity contribution in [2.75, 3.05) is 17.2 Å². The number of esters is 1. The second kappa shape index (κ2) is 9.79. The Morgan fingerprint density at radius 2 is 2.04 bits per heavy atom. The fraction of sp³-hybridized carbons (Fsp3) is 0.353. The van der Waals surface area contributed by atoms with Crippen LogP contribution in [-0.2, 0) is 20.9 Å². The number of halogens is 1. The topological polar surface area (TPSA) is 59.5 Å². The van der Waals surface area contributed by atoms with E-state index in [1.807, 2.05) is 31.2 Å². The highest BCUT2D eigenvalue weighted by molar-refractivity contribution is 7.99. The van der Waals surface area contributed by atoms with Gasteiger partial charge in [0, 0.05) is 34.5 Å². The van der Waals surface area contributed by atoms with Crippen molar-refractivity contribution in [1.29, 1.82) is 0 Å². The lowest BCUT2D eigenvalue weighted by Crippen LogP contribution is -2.27. The van der Waals surface area contributed by atoms with Crippen LogP contribution in [0.2, 0.25) is 5.02 Å². The summed E-state index contributed by atoms with van der Waals surface area (Å²) >= 11 is 8.78. The van der Waals surface area contributed by atoms with Gasteiger partial charge in [-0.3, -0.25) is 14.5 Å². The molecule has 0 saturated heterocycles. The first kappa shape index (κ1) is 19.8. The van der Waals surface area contributed by atoms with E-state index in [0.29, 0.717) is 34.6 Å². The van der Waals surface area contributed by atoms with Crippen molar-refractivity contribution in [3.05, 3.63) is 40.4 Å². The van der Waals surface area contributed by atoms with E-state index >= 15 is 0 Å². The molecule has 2 aromatic rings. The lowest BCUT2D eigenvalue weighted by molar-refractivity contribution is -0.144. The van der Waals surface area contributed by atoms with Crippen molar-refractivity contribution in [3.8, 4) is 0 Å². The summed E-state index contributed by atoms with van der Waals surface area (Å²) in [4.78, 5) is 30.3. The van der Waals surface area contributed by atoms with Crippen LogP contribution in [0, 0.1) is 0 Å². The van der Waals surface area contributed by atoms with Gasteiger partial charge >= 0.3 is 5.97 Å². The maximum absolute atomic E-state index is 11.8. The fourth-order valence-electron chi connectivity index (χ4n) is 1.99. The summed E-state index contributed by atoms with van der Waals surface area (Å²) in [5.74, 6) is 0.311. The van der Waals surface area contributed by atoms with Crippen LogP contribution >= 0.6 is 34.7 Å². The van der Waals surface area contributed by atoms with E-state index in [0.717, 1.165) is 4.90 Å². The van der Waals surface area contributed by atoms with Crippen molar-refractivity contribution >= 4 is 51.7 Å². The molecule has 1 aromatic heterocycles. The van der Waals surface area contributed by atoms with Crippen molar-refractivity contribution in [3.63, 3.8) is 0 Å². The lowest BCUT2D eigenvalue weighted by Gasteiger charge is -2.14.